The summed E-state index contributed by atoms with van der Waals surface area (Å²) in [5.41, 5.74) is 7.46. The maximum Gasteiger partial charge on any atom is 0.252 e. The van der Waals surface area contributed by atoms with Crippen molar-refractivity contribution in [1.82, 2.24) is 24.6 Å². The van der Waals surface area contributed by atoms with E-state index < -0.39 is 5.82 Å². The van der Waals surface area contributed by atoms with Crippen LogP contribution in [0.15, 0.2) is 66.6 Å². The summed E-state index contributed by atoms with van der Waals surface area (Å²) in [5.74, 6) is 0.693. The molecule has 1 aliphatic heterocycles. The van der Waals surface area contributed by atoms with Crippen LogP contribution in [-0.2, 0) is 4.79 Å². The number of hydrogen-bond acceptors (Lipinski definition) is 6. The van der Waals surface area contributed by atoms with E-state index in [-0.39, 0.29) is 29.0 Å². The molecule has 4 aromatic rings. The fourth-order valence-electron chi connectivity index (χ4n) is 4.96. The molecule has 2 aromatic heterocycles. The minimum Gasteiger partial charge on any atom is -0.457 e. The lowest BCUT2D eigenvalue weighted by atomic mass is 10.1. The van der Waals surface area contributed by atoms with Crippen LogP contribution in [0.3, 0.4) is 0 Å². The molecule has 3 heterocycles. The third-order valence-corrected chi connectivity index (χ3v) is 7.08. The molecular formula is C29H26FN7O2. The number of piperidine rings is 1. The number of amides is 1. The van der Waals surface area contributed by atoms with Crippen LogP contribution in [0, 0.1) is 18.3 Å². The molecule has 1 amide bonds. The molecule has 0 radical (unpaired) electrons. The molecule has 1 saturated heterocycles. The number of carbonyl (C=O) groups excluding carboxylic acids is 1. The van der Waals surface area contributed by atoms with Crippen LogP contribution in [0.2, 0.25) is 0 Å². The van der Waals surface area contributed by atoms with Gasteiger partial charge in [0.25, 0.3) is 5.91 Å². The number of para-hydroxylation sites is 1. The van der Waals surface area contributed by atoms with Crippen molar-refractivity contribution in [2.45, 2.75) is 31.7 Å². The van der Waals surface area contributed by atoms with Crippen LogP contribution < -0.4 is 10.5 Å². The van der Waals surface area contributed by atoms with Crippen LogP contribution in [-0.4, -0.2) is 43.6 Å². The number of carbonyl (C=O) groups is 1. The molecule has 196 valence electrons. The zero-order valence-corrected chi connectivity index (χ0v) is 21.1. The Bertz CT molecular complexity index is 1620. The van der Waals surface area contributed by atoms with Gasteiger partial charge in [-0.3, -0.25) is 4.79 Å². The molecule has 39 heavy (non-hydrogen) atoms. The predicted octanol–water partition coefficient (Wildman–Crippen LogP) is 5.38. The van der Waals surface area contributed by atoms with Gasteiger partial charge in [-0.25, -0.2) is 23.9 Å². The molecule has 1 aliphatic carbocycles. The van der Waals surface area contributed by atoms with E-state index in [1.54, 1.807) is 39.9 Å². The van der Waals surface area contributed by atoms with Crippen molar-refractivity contribution in [3.8, 4) is 22.8 Å². The number of nitrogens with two attached hydrogens (primary N) is 1. The lowest BCUT2D eigenvalue weighted by Gasteiger charge is -2.33. The van der Waals surface area contributed by atoms with Gasteiger partial charge in [-0.15, -0.1) is 0 Å². The first-order valence-corrected chi connectivity index (χ1v) is 12.9. The second kappa shape index (κ2) is 10.2. The van der Waals surface area contributed by atoms with Gasteiger partial charge in [0.15, 0.2) is 5.65 Å². The van der Waals surface area contributed by atoms with Gasteiger partial charge in [0.05, 0.1) is 18.0 Å². The minimum atomic E-state index is -0.523. The number of likely N-dealkylation sites (tertiary alicyclic amines) is 1. The fourth-order valence-corrected chi connectivity index (χ4v) is 4.96. The SMILES string of the molecule is [C-]#[N+]C(=CC1CC1)C(=O)N1CCC[C@@H](n2nc(-c3ccc(Oc4ccccc4)cc3F)c3c(N)ncnc32)C1. The van der Waals surface area contributed by atoms with Crippen LogP contribution in [0.1, 0.15) is 31.7 Å². The molecule has 1 atom stereocenters. The first kappa shape index (κ1) is 24.6. The molecule has 9 nitrogen and oxygen atoms in total. The van der Waals surface area contributed by atoms with E-state index in [1.165, 1.54) is 12.4 Å². The summed E-state index contributed by atoms with van der Waals surface area (Å²) in [6.07, 6.45) is 6.68. The Morgan fingerprint density at radius 3 is 2.69 bits per heavy atom. The summed E-state index contributed by atoms with van der Waals surface area (Å²) >= 11 is 0. The molecule has 2 aromatic carbocycles. The van der Waals surface area contributed by atoms with Crippen LogP contribution in [0.4, 0.5) is 10.2 Å². The van der Waals surface area contributed by atoms with E-state index in [0.717, 1.165) is 25.7 Å². The lowest BCUT2D eigenvalue weighted by molar-refractivity contribution is -0.128. The Balaban J connectivity index is 1.33. The average molecular weight is 524 g/mol. The number of nitrogen functional groups attached to an aromatic ring is 1. The van der Waals surface area contributed by atoms with E-state index in [4.69, 9.17) is 22.1 Å². The van der Waals surface area contributed by atoms with E-state index >= 15 is 4.39 Å². The number of hydrogen-bond donors (Lipinski definition) is 1. The summed E-state index contributed by atoms with van der Waals surface area (Å²) in [7, 11) is 0. The number of allylic oxidation sites excluding steroid dienone is 1. The first-order chi connectivity index (χ1) is 19.0. The Kier molecular flexibility index (Phi) is 6.40. The lowest BCUT2D eigenvalue weighted by Crippen LogP contribution is -2.41. The van der Waals surface area contributed by atoms with Gasteiger partial charge in [-0.2, -0.15) is 5.10 Å². The smallest absolute Gasteiger partial charge is 0.252 e. The molecule has 2 N–H and O–H groups in total. The average Bonchev–Trinajstić information content (AvgIpc) is 3.70. The highest BCUT2D eigenvalue weighted by Gasteiger charge is 2.31. The van der Waals surface area contributed by atoms with Crippen molar-refractivity contribution >= 4 is 22.8 Å². The third-order valence-electron chi connectivity index (χ3n) is 7.08. The summed E-state index contributed by atoms with van der Waals surface area (Å²) in [5, 5.41) is 5.23. The zero-order chi connectivity index (χ0) is 26.9. The summed E-state index contributed by atoms with van der Waals surface area (Å²) in [6, 6.07) is 13.5. The number of fused-ring (bicyclic) bond motifs is 1. The van der Waals surface area contributed by atoms with E-state index in [0.29, 0.717) is 47.2 Å². The number of nitrogens with zero attached hydrogens (tertiary/aromatic N) is 6. The van der Waals surface area contributed by atoms with Crippen LogP contribution >= 0.6 is 0 Å². The maximum absolute atomic E-state index is 15.5. The normalized spacial score (nSPS) is 17.7. The summed E-state index contributed by atoms with van der Waals surface area (Å²) < 4.78 is 23.0. The molecule has 0 unspecified atom stereocenters. The van der Waals surface area contributed by atoms with Crippen molar-refractivity contribution in [3.63, 3.8) is 0 Å². The van der Waals surface area contributed by atoms with Crippen molar-refractivity contribution < 1.29 is 13.9 Å². The molecule has 2 aliphatic rings. The Morgan fingerprint density at radius 2 is 1.95 bits per heavy atom. The Hall–Kier alpha value is -4.78. The topological polar surface area (TPSA) is 104 Å². The van der Waals surface area contributed by atoms with Crippen molar-refractivity contribution in [3.05, 3.63) is 83.9 Å². The van der Waals surface area contributed by atoms with Gasteiger partial charge < -0.3 is 15.4 Å². The molecule has 6 rings (SSSR count). The van der Waals surface area contributed by atoms with Gasteiger partial charge in [0.2, 0.25) is 5.70 Å². The maximum atomic E-state index is 15.5. The number of benzene rings is 2. The fraction of sp³-hybridized carbons (Fsp3) is 0.276. The zero-order valence-electron chi connectivity index (χ0n) is 21.1. The molecule has 0 bridgehead atoms. The standard InChI is InChI=1S/C29H26FN7O2/c1-32-24(14-18-9-10-18)29(38)36-13-5-6-19(16-36)37-28-25(27(31)33-17-34-28)26(35-37)22-12-11-21(15-23(22)30)39-20-7-3-2-4-8-20/h2-4,7-8,11-12,14-15,17-19H,5-6,9-10,13,16H2,(H2,31,33,34)/t19-/m1/s1. The van der Waals surface area contributed by atoms with E-state index in [2.05, 4.69) is 14.8 Å². The third kappa shape index (κ3) is 4.91. The summed E-state index contributed by atoms with van der Waals surface area (Å²) in [4.78, 5) is 26.9. The van der Waals surface area contributed by atoms with Crippen LogP contribution in [0.25, 0.3) is 27.1 Å². The second-order valence-electron chi connectivity index (χ2n) is 9.86. The number of rotatable bonds is 6. The molecule has 2 fully saturated rings. The van der Waals surface area contributed by atoms with E-state index in [1.807, 2.05) is 18.2 Å². The van der Waals surface area contributed by atoms with Gasteiger partial charge >= 0.3 is 0 Å². The van der Waals surface area contributed by atoms with Crippen molar-refractivity contribution in [2.75, 3.05) is 18.8 Å². The first-order valence-electron chi connectivity index (χ1n) is 12.9. The number of ether oxygens (including phenoxy) is 1. The van der Waals surface area contributed by atoms with Gasteiger partial charge in [-0.1, -0.05) is 24.3 Å². The number of aromatic nitrogens is 4. The van der Waals surface area contributed by atoms with Crippen LogP contribution in [0.5, 0.6) is 11.5 Å². The quantitative estimate of drug-likeness (QED) is 0.269. The minimum absolute atomic E-state index is 0.176. The highest BCUT2D eigenvalue weighted by atomic mass is 19.1. The second-order valence-corrected chi connectivity index (χ2v) is 9.86. The largest absolute Gasteiger partial charge is 0.457 e. The van der Waals surface area contributed by atoms with E-state index in [9.17, 15) is 4.79 Å². The van der Waals surface area contributed by atoms with Crippen molar-refractivity contribution in [2.24, 2.45) is 5.92 Å². The predicted molar refractivity (Wildman–Crippen MR) is 144 cm³/mol. The van der Waals surface area contributed by atoms with Gasteiger partial charge in [-0.05, 0) is 55.9 Å². The molecule has 0 spiro atoms. The number of anilines is 1. The number of halogens is 1. The Morgan fingerprint density at radius 1 is 1.13 bits per heavy atom. The monoisotopic (exact) mass is 523 g/mol. The van der Waals surface area contributed by atoms with Gasteiger partial charge in [0, 0.05) is 24.7 Å². The molecule has 10 heteroatoms. The molecule has 1 saturated carbocycles. The highest BCUT2D eigenvalue weighted by Crippen LogP contribution is 2.37. The van der Waals surface area contributed by atoms with Crippen molar-refractivity contribution in [1.29, 1.82) is 0 Å². The highest BCUT2D eigenvalue weighted by molar-refractivity contribution is 5.98. The summed E-state index contributed by atoms with van der Waals surface area (Å²) in [6.45, 7) is 8.42. The van der Waals surface area contributed by atoms with Gasteiger partial charge in [0.1, 0.15) is 35.2 Å². The molecular weight excluding hydrogens is 497 g/mol. The Labute approximate surface area is 224 Å².